The minimum Gasteiger partial charge on any atom is -0.461 e. The first-order chi connectivity index (χ1) is 14.2. The summed E-state index contributed by atoms with van der Waals surface area (Å²) in [5.41, 5.74) is 1.55. The molecule has 1 fully saturated rings. The first kappa shape index (κ1) is 19.2. The van der Waals surface area contributed by atoms with Crippen LogP contribution in [-0.4, -0.2) is 40.5 Å². The highest BCUT2D eigenvalue weighted by molar-refractivity contribution is 5.93. The smallest absolute Gasteiger partial charge is 0.336 e. The van der Waals surface area contributed by atoms with E-state index in [1.54, 1.807) is 17.0 Å². The summed E-state index contributed by atoms with van der Waals surface area (Å²) in [4.78, 5) is 16.6. The van der Waals surface area contributed by atoms with Crippen molar-refractivity contribution in [3.8, 4) is 23.3 Å². The van der Waals surface area contributed by atoms with Crippen molar-refractivity contribution >= 4 is 11.6 Å². The Morgan fingerprint density at radius 3 is 2.72 bits per heavy atom. The van der Waals surface area contributed by atoms with Crippen molar-refractivity contribution in [2.45, 2.75) is 26.2 Å². The summed E-state index contributed by atoms with van der Waals surface area (Å²) in [5, 5.41) is 7.42. The lowest BCUT2D eigenvalue weighted by molar-refractivity contribution is -0.122. The van der Waals surface area contributed by atoms with Crippen molar-refractivity contribution < 1.29 is 18.7 Å². The standard InChI is InChI=1S/C21H24N4O4/c1-2-27-13-14-29-21-23-19(18-7-4-12-28-18)25(24-21)17-10-8-16(9-11-17)22-20(26)15-5-3-6-15/h4,7-12,15H,2-3,5-6,13-14H2,1H3,(H,22,26). The molecule has 1 aromatic carbocycles. The predicted molar refractivity (Wildman–Crippen MR) is 107 cm³/mol. The zero-order chi connectivity index (χ0) is 20.1. The predicted octanol–water partition coefficient (Wildman–Crippen LogP) is 3.68. The maximum absolute atomic E-state index is 12.1. The number of amides is 1. The van der Waals surface area contributed by atoms with E-state index in [2.05, 4.69) is 15.4 Å². The van der Waals surface area contributed by atoms with E-state index in [4.69, 9.17) is 13.9 Å². The van der Waals surface area contributed by atoms with Crippen LogP contribution in [-0.2, 0) is 9.53 Å². The van der Waals surface area contributed by atoms with Crippen molar-refractivity contribution in [1.82, 2.24) is 14.8 Å². The molecule has 1 aliphatic rings. The number of carbonyl (C=O) groups excluding carboxylic acids is 1. The van der Waals surface area contributed by atoms with Gasteiger partial charge in [0.25, 0.3) is 0 Å². The Morgan fingerprint density at radius 1 is 1.24 bits per heavy atom. The van der Waals surface area contributed by atoms with Gasteiger partial charge in [0, 0.05) is 18.2 Å². The van der Waals surface area contributed by atoms with Gasteiger partial charge in [-0.2, -0.15) is 4.98 Å². The molecular weight excluding hydrogens is 372 g/mol. The Morgan fingerprint density at radius 2 is 2.07 bits per heavy atom. The third-order valence-electron chi connectivity index (χ3n) is 4.85. The molecule has 0 spiro atoms. The number of nitrogens with zero attached hydrogens (tertiary/aromatic N) is 3. The highest BCUT2D eigenvalue weighted by Crippen LogP contribution is 2.28. The van der Waals surface area contributed by atoms with Gasteiger partial charge in [-0.05, 0) is 56.2 Å². The van der Waals surface area contributed by atoms with E-state index >= 15 is 0 Å². The van der Waals surface area contributed by atoms with Gasteiger partial charge in [-0.1, -0.05) is 6.42 Å². The minimum atomic E-state index is 0.0889. The Hall–Kier alpha value is -3.13. The largest absolute Gasteiger partial charge is 0.461 e. The molecule has 29 heavy (non-hydrogen) atoms. The van der Waals surface area contributed by atoms with Crippen LogP contribution in [0.15, 0.2) is 47.1 Å². The van der Waals surface area contributed by atoms with Gasteiger partial charge in [-0.3, -0.25) is 4.79 Å². The number of benzene rings is 1. The topological polar surface area (TPSA) is 91.4 Å². The molecule has 2 heterocycles. The van der Waals surface area contributed by atoms with Crippen LogP contribution in [0.25, 0.3) is 17.3 Å². The van der Waals surface area contributed by atoms with Gasteiger partial charge < -0.3 is 19.2 Å². The summed E-state index contributed by atoms with van der Waals surface area (Å²) < 4.78 is 18.0. The molecule has 0 radical (unpaired) electrons. The summed E-state index contributed by atoms with van der Waals surface area (Å²) in [6, 6.07) is 11.3. The molecule has 0 saturated heterocycles. The van der Waals surface area contributed by atoms with E-state index in [1.165, 1.54) is 0 Å². The van der Waals surface area contributed by atoms with Crippen LogP contribution in [0.1, 0.15) is 26.2 Å². The molecule has 1 aliphatic carbocycles. The van der Waals surface area contributed by atoms with Crippen molar-refractivity contribution in [1.29, 1.82) is 0 Å². The third-order valence-corrected chi connectivity index (χ3v) is 4.85. The lowest BCUT2D eigenvalue weighted by Gasteiger charge is -2.24. The normalized spacial score (nSPS) is 13.8. The van der Waals surface area contributed by atoms with Gasteiger partial charge in [0.15, 0.2) is 5.76 Å². The van der Waals surface area contributed by atoms with Crippen LogP contribution >= 0.6 is 0 Å². The average molecular weight is 396 g/mol. The number of hydrogen-bond acceptors (Lipinski definition) is 6. The van der Waals surface area contributed by atoms with Gasteiger partial charge in [-0.25, -0.2) is 4.68 Å². The molecule has 0 unspecified atom stereocenters. The summed E-state index contributed by atoms with van der Waals surface area (Å²) in [6.45, 7) is 3.39. The Balaban J connectivity index is 1.52. The van der Waals surface area contributed by atoms with E-state index < -0.39 is 0 Å². The second-order valence-electron chi connectivity index (χ2n) is 6.82. The Bertz CT molecular complexity index is 930. The number of aromatic nitrogens is 3. The van der Waals surface area contributed by atoms with Gasteiger partial charge in [-0.15, -0.1) is 5.10 Å². The quantitative estimate of drug-likeness (QED) is 0.555. The molecule has 8 nitrogen and oxygen atoms in total. The number of rotatable bonds is 9. The van der Waals surface area contributed by atoms with Gasteiger partial charge in [0.2, 0.25) is 11.7 Å². The zero-order valence-electron chi connectivity index (χ0n) is 16.3. The van der Waals surface area contributed by atoms with E-state index in [0.29, 0.717) is 31.4 Å². The van der Waals surface area contributed by atoms with E-state index in [0.717, 1.165) is 30.6 Å². The second kappa shape index (κ2) is 8.91. The average Bonchev–Trinajstić information content (AvgIpc) is 3.34. The summed E-state index contributed by atoms with van der Waals surface area (Å²) in [6.07, 6.45) is 4.67. The lowest BCUT2D eigenvalue weighted by Crippen LogP contribution is -2.27. The lowest BCUT2D eigenvalue weighted by atomic mass is 9.85. The molecule has 8 heteroatoms. The fourth-order valence-corrected chi connectivity index (χ4v) is 3.04. The van der Waals surface area contributed by atoms with E-state index in [1.807, 2.05) is 37.3 Å². The number of carbonyl (C=O) groups is 1. The van der Waals surface area contributed by atoms with Crippen LogP contribution in [0.4, 0.5) is 5.69 Å². The maximum Gasteiger partial charge on any atom is 0.336 e. The first-order valence-electron chi connectivity index (χ1n) is 9.87. The van der Waals surface area contributed by atoms with Crippen LogP contribution in [0.2, 0.25) is 0 Å². The van der Waals surface area contributed by atoms with Crippen LogP contribution in [0, 0.1) is 5.92 Å². The zero-order valence-corrected chi connectivity index (χ0v) is 16.3. The number of hydrogen-bond donors (Lipinski definition) is 1. The molecule has 4 rings (SSSR count). The Kier molecular flexibility index (Phi) is 5.90. The fraction of sp³-hybridized carbons (Fsp3) is 0.381. The second-order valence-corrected chi connectivity index (χ2v) is 6.82. The highest BCUT2D eigenvalue weighted by atomic mass is 16.5. The molecular formula is C21H24N4O4. The van der Waals surface area contributed by atoms with Crippen LogP contribution in [0.3, 0.4) is 0 Å². The molecule has 0 bridgehead atoms. The van der Waals surface area contributed by atoms with Crippen LogP contribution < -0.4 is 10.1 Å². The summed E-state index contributed by atoms with van der Waals surface area (Å²) in [7, 11) is 0. The minimum absolute atomic E-state index is 0.0889. The van der Waals surface area contributed by atoms with E-state index in [-0.39, 0.29) is 17.8 Å². The Labute approximate surface area is 168 Å². The maximum atomic E-state index is 12.1. The summed E-state index contributed by atoms with van der Waals surface area (Å²) >= 11 is 0. The van der Waals surface area contributed by atoms with Crippen molar-refractivity contribution in [3.63, 3.8) is 0 Å². The van der Waals surface area contributed by atoms with Gasteiger partial charge >= 0.3 is 6.01 Å². The van der Waals surface area contributed by atoms with Gasteiger partial charge in [0.05, 0.1) is 18.6 Å². The number of nitrogens with one attached hydrogen (secondary N) is 1. The molecule has 152 valence electrons. The van der Waals surface area contributed by atoms with Crippen molar-refractivity contribution in [2.75, 3.05) is 25.1 Å². The number of furan rings is 1. The molecule has 0 atom stereocenters. The van der Waals surface area contributed by atoms with E-state index in [9.17, 15) is 4.79 Å². The summed E-state index contributed by atoms with van der Waals surface area (Å²) in [5.74, 6) is 1.35. The first-order valence-corrected chi connectivity index (χ1v) is 9.87. The number of ether oxygens (including phenoxy) is 2. The van der Waals surface area contributed by atoms with Gasteiger partial charge in [0.1, 0.15) is 6.61 Å². The SMILES string of the molecule is CCOCCOc1nc(-c2ccco2)n(-c2ccc(NC(=O)C3CCC3)cc2)n1. The monoisotopic (exact) mass is 396 g/mol. The molecule has 3 aromatic rings. The van der Waals surface area contributed by atoms with Crippen LogP contribution in [0.5, 0.6) is 6.01 Å². The molecule has 1 saturated carbocycles. The highest BCUT2D eigenvalue weighted by Gasteiger charge is 2.25. The molecule has 0 aliphatic heterocycles. The fourth-order valence-electron chi connectivity index (χ4n) is 3.04. The molecule has 1 N–H and O–H groups in total. The molecule has 2 aromatic heterocycles. The van der Waals surface area contributed by atoms with Crippen molar-refractivity contribution in [3.05, 3.63) is 42.7 Å². The van der Waals surface area contributed by atoms with Crippen molar-refractivity contribution in [2.24, 2.45) is 5.92 Å². The number of anilines is 1. The third kappa shape index (κ3) is 4.48. The molecule has 1 amide bonds.